The van der Waals surface area contributed by atoms with E-state index in [1.54, 1.807) is 12.5 Å². The summed E-state index contributed by atoms with van der Waals surface area (Å²) in [5.41, 5.74) is 1.19. The van der Waals surface area contributed by atoms with Gasteiger partial charge in [0.05, 0.1) is 18.4 Å². The van der Waals surface area contributed by atoms with Gasteiger partial charge in [-0.25, -0.2) is 0 Å². The molecule has 1 amide bonds. The second-order valence-electron chi connectivity index (χ2n) is 5.22. The van der Waals surface area contributed by atoms with E-state index in [0.717, 1.165) is 45.6 Å². The number of amides is 1. The zero-order valence-electron chi connectivity index (χ0n) is 12.0. The Morgan fingerprint density at radius 1 is 1.47 bits per heavy atom. The zero-order chi connectivity index (χ0) is 13.7. The summed E-state index contributed by atoms with van der Waals surface area (Å²) in [5, 5.41) is 0. The molecule has 0 radical (unpaired) electrons. The van der Waals surface area contributed by atoms with E-state index in [4.69, 9.17) is 4.42 Å². The lowest BCUT2D eigenvalue weighted by atomic mass is 9.96. The molecule has 1 aliphatic heterocycles. The number of hydrogen-bond acceptors (Lipinski definition) is 3. The smallest absolute Gasteiger partial charge is 0.226 e. The normalized spacial score (nSPS) is 20.4. The summed E-state index contributed by atoms with van der Waals surface area (Å²) in [5.74, 6) is 0.488. The van der Waals surface area contributed by atoms with Crippen LogP contribution in [0.15, 0.2) is 23.0 Å². The monoisotopic (exact) mass is 264 g/mol. The maximum atomic E-state index is 12.4. The Morgan fingerprint density at radius 2 is 2.26 bits per heavy atom. The summed E-state index contributed by atoms with van der Waals surface area (Å²) in [4.78, 5) is 16.7. The minimum atomic E-state index is 0.167. The molecule has 19 heavy (non-hydrogen) atoms. The first-order valence-corrected chi connectivity index (χ1v) is 7.26. The van der Waals surface area contributed by atoms with Crippen molar-refractivity contribution in [2.75, 3.05) is 26.2 Å². The standard InChI is InChI=1S/C15H24N2O2/c1-3-17(4-2)15(18)14-6-5-8-16(11-14)10-13-7-9-19-12-13/h7,9,12,14H,3-6,8,10-11H2,1-2H3. The molecule has 0 aliphatic carbocycles. The minimum absolute atomic E-state index is 0.167. The first-order chi connectivity index (χ1) is 9.24. The fraction of sp³-hybridized carbons (Fsp3) is 0.667. The lowest BCUT2D eigenvalue weighted by molar-refractivity contribution is -0.137. The minimum Gasteiger partial charge on any atom is -0.472 e. The largest absolute Gasteiger partial charge is 0.472 e. The fourth-order valence-electron chi connectivity index (χ4n) is 2.84. The van der Waals surface area contributed by atoms with Crippen LogP contribution in [-0.2, 0) is 11.3 Å². The van der Waals surface area contributed by atoms with Crippen LogP contribution in [-0.4, -0.2) is 41.9 Å². The molecular weight excluding hydrogens is 240 g/mol. The summed E-state index contributed by atoms with van der Waals surface area (Å²) in [6.07, 6.45) is 5.63. The zero-order valence-corrected chi connectivity index (χ0v) is 12.0. The second kappa shape index (κ2) is 6.75. The van der Waals surface area contributed by atoms with Gasteiger partial charge >= 0.3 is 0 Å². The van der Waals surface area contributed by atoms with E-state index in [2.05, 4.69) is 4.90 Å². The van der Waals surface area contributed by atoms with E-state index in [1.807, 2.05) is 24.8 Å². The SMILES string of the molecule is CCN(CC)C(=O)C1CCCN(Cc2ccoc2)C1. The van der Waals surface area contributed by atoms with Crippen LogP contribution in [0.4, 0.5) is 0 Å². The van der Waals surface area contributed by atoms with Gasteiger partial charge in [0, 0.05) is 31.7 Å². The Hall–Kier alpha value is -1.29. The van der Waals surface area contributed by atoms with Crippen molar-refractivity contribution in [1.29, 1.82) is 0 Å². The number of nitrogens with zero attached hydrogens (tertiary/aromatic N) is 2. The van der Waals surface area contributed by atoms with Crippen molar-refractivity contribution in [3.8, 4) is 0 Å². The molecular formula is C15H24N2O2. The number of piperidine rings is 1. The molecule has 1 aliphatic rings. The highest BCUT2D eigenvalue weighted by Gasteiger charge is 2.28. The van der Waals surface area contributed by atoms with Crippen molar-refractivity contribution in [1.82, 2.24) is 9.80 Å². The third-order valence-corrected chi connectivity index (χ3v) is 3.92. The summed E-state index contributed by atoms with van der Waals surface area (Å²) in [6, 6.07) is 2.00. The lowest BCUT2D eigenvalue weighted by Crippen LogP contribution is -2.44. The Balaban J connectivity index is 1.91. The van der Waals surface area contributed by atoms with Crippen molar-refractivity contribution >= 4 is 5.91 Å². The second-order valence-corrected chi connectivity index (χ2v) is 5.22. The van der Waals surface area contributed by atoms with Crippen LogP contribution in [0.2, 0.25) is 0 Å². The van der Waals surface area contributed by atoms with E-state index in [-0.39, 0.29) is 5.92 Å². The highest BCUT2D eigenvalue weighted by Crippen LogP contribution is 2.20. The third kappa shape index (κ3) is 3.60. The molecule has 1 fully saturated rings. The van der Waals surface area contributed by atoms with Crippen molar-refractivity contribution in [3.05, 3.63) is 24.2 Å². The van der Waals surface area contributed by atoms with Gasteiger partial charge in [0.25, 0.3) is 0 Å². The number of carbonyl (C=O) groups excluding carboxylic acids is 1. The van der Waals surface area contributed by atoms with Crippen LogP contribution in [0.25, 0.3) is 0 Å². The number of hydrogen-bond donors (Lipinski definition) is 0. The molecule has 1 aromatic heterocycles. The molecule has 0 spiro atoms. The maximum absolute atomic E-state index is 12.4. The summed E-state index contributed by atoms with van der Waals surface area (Å²) in [6.45, 7) is 8.56. The molecule has 0 bridgehead atoms. The topological polar surface area (TPSA) is 36.7 Å². The van der Waals surface area contributed by atoms with Gasteiger partial charge in [-0.3, -0.25) is 9.69 Å². The highest BCUT2D eigenvalue weighted by molar-refractivity contribution is 5.79. The predicted molar refractivity (Wildman–Crippen MR) is 74.6 cm³/mol. The first-order valence-electron chi connectivity index (χ1n) is 7.26. The van der Waals surface area contributed by atoms with Crippen LogP contribution in [0.1, 0.15) is 32.3 Å². The van der Waals surface area contributed by atoms with Gasteiger partial charge < -0.3 is 9.32 Å². The average molecular weight is 264 g/mol. The van der Waals surface area contributed by atoms with Crippen molar-refractivity contribution < 1.29 is 9.21 Å². The van der Waals surface area contributed by atoms with Crippen molar-refractivity contribution in [2.24, 2.45) is 5.92 Å². The molecule has 0 aromatic carbocycles. The van der Waals surface area contributed by atoms with E-state index >= 15 is 0 Å². The number of likely N-dealkylation sites (tertiary alicyclic amines) is 1. The fourth-order valence-corrected chi connectivity index (χ4v) is 2.84. The van der Waals surface area contributed by atoms with E-state index < -0.39 is 0 Å². The van der Waals surface area contributed by atoms with Gasteiger partial charge in [0.15, 0.2) is 0 Å². The Bertz CT molecular complexity index is 385. The number of furan rings is 1. The van der Waals surface area contributed by atoms with Gasteiger partial charge in [-0.05, 0) is 39.3 Å². The van der Waals surface area contributed by atoms with E-state index in [9.17, 15) is 4.79 Å². The highest BCUT2D eigenvalue weighted by atomic mass is 16.3. The molecule has 2 heterocycles. The Morgan fingerprint density at radius 3 is 2.89 bits per heavy atom. The van der Waals surface area contributed by atoms with E-state index in [1.165, 1.54) is 5.56 Å². The van der Waals surface area contributed by atoms with Crippen LogP contribution < -0.4 is 0 Å². The summed E-state index contributed by atoms with van der Waals surface area (Å²) < 4.78 is 5.10. The van der Waals surface area contributed by atoms with Gasteiger partial charge in [-0.1, -0.05) is 0 Å². The summed E-state index contributed by atoms with van der Waals surface area (Å²) in [7, 11) is 0. The van der Waals surface area contributed by atoms with Crippen LogP contribution in [0.3, 0.4) is 0 Å². The van der Waals surface area contributed by atoms with E-state index in [0.29, 0.717) is 5.91 Å². The molecule has 2 rings (SSSR count). The molecule has 1 saturated heterocycles. The third-order valence-electron chi connectivity index (χ3n) is 3.92. The van der Waals surface area contributed by atoms with Gasteiger partial charge in [-0.2, -0.15) is 0 Å². The molecule has 1 aromatic rings. The maximum Gasteiger partial charge on any atom is 0.226 e. The lowest BCUT2D eigenvalue weighted by Gasteiger charge is -2.34. The van der Waals surface area contributed by atoms with Crippen LogP contribution in [0.5, 0.6) is 0 Å². The molecule has 0 N–H and O–H groups in total. The molecule has 106 valence electrons. The van der Waals surface area contributed by atoms with Gasteiger partial charge in [0.2, 0.25) is 5.91 Å². The van der Waals surface area contributed by atoms with Crippen LogP contribution in [0, 0.1) is 5.92 Å². The van der Waals surface area contributed by atoms with Crippen LogP contribution >= 0.6 is 0 Å². The van der Waals surface area contributed by atoms with Crippen molar-refractivity contribution in [2.45, 2.75) is 33.2 Å². The molecule has 4 nitrogen and oxygen atoms in total. The molecule has 1 unspecified atom stereocenters. The van der Waals surface area contributed by atoms with Gasteiger partial charge in [-0.15, -0.1) is 0 Å². The predicted octanol–water partition coefficient (Wildman–Crippen LogP) is 2.36. The number of rotatable bonds is 5. The molecule has 4 heteroatoms. The Kier molecular flexibility index (Phi) is 5.02. The Labute approximate surface area is 115 Å². The first kappa shape index (κ1) is 14.1. The van der Waals surface area contributed by atoms with Crippen molar-refractivity contribution in [3.63, 3.8) is 0 Å². The van der Waals surface area contributed by atoms with Gasteiger partial charge in [0.1, 0.15) is 0 Å². The quantitative estimate of drug-likeness (QED) is 0.819. The summed E-state index contributed by atoms with van der Waals surface area (Å²) >= 11 is 0. The molecule has 0 saturated carbocycles. The molecule has 1 atom stereocenters. The average Bonchev–Trinajstić information content (AvgIpc) is 2.93. The number of carbonyl (C=O) groups is 1.